The Morgan fingerprint density at radius 2 is 2.19 bits per heavy atom. The normalized spacial score (nSPS) is 25.0. The summed E-state index contributed by atoms with van der Waals surface area (Å²) < 4.78 is 0. The second-order valence-corrected chi connectivity index (χ2v) is 6.38. The largest absolute Gasteiger partial charge is 0.381 e. The van der Waals surface area contributed by atoms with Gasteiger partial charge in [-0.25, -0.2) is 0 Å². The molecule has 1 aliphatic rings. The fraction of sp³-hybridized carbons (Fsp3) is 0.571. The number of anilines is 1. The van der Waals surface area contributed by atoms with Crippen molar-refractivity contribution in [1.82, 2.24) is 0 Å². The van der Waals surface area contributed by atoms with Crippen LogP contribution in [-0.4, -0.2) is 17.0 Å². The Labute approximate surface area is 103 Å². The van der Waals surface area contributed by atoms with Gasteiger partial charge in [-0.2, -0.15) is 11.8 Å². The molecule has 0 radical (unpaired) electrons. The Hall–Kier alpha value is -0.630. The van der Waals surface area contributed by atoms with Gasteiger partial charge >= 0.3 is 0 Å². The van der Waals surface area contributed by atoms with Crippen molar-refractivity contribution in [2.45, 2.75) is 44.4 Å². The van der Waals surface area contributed by atoms with Crippen LogP contribution >= 0.6 is 11.8 Å². The fourth-order valence-corrected chi connectivity index (χ4v) is 3.32. The van der Waals surface area contributed by atoms with E-state index in [1.54, 1.807) is 0 Å². The molecule has 1 N–H and O–H groups in total. The minimum atomic E-state index is 0.608. The maximum absolute atomic E-state index is 3.67. The van der Waals surface area contributed by atoms with Gasteiger partial charge in [-0.1, -0.05) is 32.9 Å². The summed E-state index contributed by atoms with van der Waals surface area (Å²) in [4.78, 5) is 0. The quantitative estimate of drug-likeness (QED) is 0.846. The van der Waals surface area contributed by atoms with E-state index in [4.69, 9.17) is 0 Å². The molecule has 1 nitrogen and oxygen atoms in total. The average molecular weight is 235 g/mol. The third-order valence-corrected chi connectivity index (χ3v) is 4.61. The van der Waals surface area contributed by atoms with Crippen LogP contribution in [0.25, 0.3) is 0 Å². The number of rotatable bonds is 3. The summed E-state index contributed by atoms with van der Waals surface area (Å²) in [5.41, 5.74) is 2.70. The SMILES string of the molecule is CC(C)c1cccc(NC2CCSC2C)c1. The molecule has 0 spiro atoms. The van der Waals surface area contributed by atoms with Crippen LogP contribution in [0.1, 0.15) is 38.7 Å². The summed E-state index contributed by atoms with van der Waals surface area (Å²) in [6.45, 7) is 6.81. The van der Waals surface area contributed by atoms with E-state index in [-0.39, 0.29) is 0 Å². The van der Waals surface area contributed by atoms with Crippen molar-refractivity contribution in [3.63, 3.8) is 0 Å². The van der Waals surface area contributed by atoms with Crippen LogP contribution in [0.5, 0.6) is 0 Å². The van der Waals surface area contributed by atoms with E-state index >= 15 is 0 Å². The first-order chi connectivity index (χ1) is 7.66. The number of benzene rings is 1. The van der Waals surface area contributed by atoms with Gasteiger partial charge in [-0.15, -0.1) is 0 Å². The summed E-state index contributed by atoms with van der Waals surface area (Å²) in [6, 6.07) is 9.49. The van der Waals surface area contributed by atoms with Crippen molar-refractivity contribution >= 4 is 17.4 Å². The molecule has 1 aromatic rings. The van der Waals surface area contributed by atoms with Gasteiger partial charge in [0, 0.05) is 17.0 Å². The van der Waals surface area contributed by atoms with Crippen molar-refractivity contribution in [3.8, 4) is 0 Å². The van der Waals surface area contributed by atoms with Crippen LogP contribution in [0.2, 0.25) is 0 Å². The zero-order valence-corrected chi connectivity index (χ0v) is 11.2. The van der Waals surface area contributed by atoms with Crippen LogP contribution in [0.4, 0.5) is 5.69 Å². The van der Waals surface area contributed by atoms with E-state index in [9.17, 15) is 0 Å². The predicted octanol–water partition coefficient (Wildman–Crippen LogP) is 4.12. The fourth-order valence-electron chi connectivity index (χ4n) is 2.12. The molecular weight excluding hydrogens is 214 g/mol. The third-order valence-electron chi connectivity index (χ3n) is 3.28. The molecule has 0 aromatic heterocycles. The average Bonchev–Trinajstić information content (AvgIpc) is 2.65. The molecule has 2 unspecified atom stereocenters. The highest BCUT2D eigenvalue weighted by Crippen LogP contribution is 2.29. The van der Waals surface area contributed by atoms with Gasteiger partial charge in [0.25, 0.3) is 0 Å². The standard InChI is InChI=1S/C14H21NS/c1-10(2)12-5-4-6-13(9-12)15-14-7-8-16-11(14)3/h4-6,9-11,14-15H,7-8H2,1-3H3. The molecule has 1 fully saturated rings. The second-order valence-electron chi connectivity index (χ2n) is 4.90. The molecular formula is C14H21NS. The molecule has 16 heavy (non-hydrogen) atoms. The lowest BCUT2D eigenvalue weighted by atomic mass is 10.0. The van der Waals surface area contributed by atoms with Crippen molar-refractivity contribution < 1.29 is 0 Å². The zero-order chi connectivity index (χ0) is 11.5. The Morgan fingerprint density at radius 1 is 1.38 bits per heavy atom. The summed E-state index contributed by atoms with van der Waals surface area (Å²) >= 11 is 2.07. The molecule has 0 saturated carbocycles. The highest BCUT2D eigenvalue weighted by molar-refractivity contribution is 8.00. The highest BCUT2D eigenvalue weighted by atomic mass is 32.2. The van der Waals surface area contributed by atoms with Crippen LogP contribution in [0, 0.1) is 0 Å². The van der Waals surface area contributed by atoms with Gasteiger partial charge in [0.15, 0.2) is 0 Å². The molecule has 2 rings (SSSR count). The smallest absolute Gasteiger partial charge is 0.0385 e. The second kappa shape index (κ2) is 5.13. The number of hydrogen-bond donors (Lipinski definition) is 1. The van der Waals surface area contributed by atoms with Crippen molar-refractivity contribution in [3.05, 3.63) is 29.8 Å². The van der Waals surface area contributed by atoms with E-state index in [0.717, 1.165) is 5.25 Å². The first kappa shape index (κ1) is 11.8. The maximum Gasteiger partial charge on any atom is 0.0385 e. The minimum absolute atomic E-state index is 0.608. The summed E-state index contributed by atoms with van der Waals surface area (Å²) in [5.74, 6) is 1.90. The van der Waals surface area contributed by atoms with Gasteiger partial charge in [0.2, 0.25) is 0 Å². The van der Waals surface area contributed by atoms with E-state index < -0.39 is 0 Å². The van der Waals surface area contributed by atoms with Gasteiger partial charge in [-0.05, 0) is 35.8 Å². The van der Waals surface area contributed by atoms with Crippen molar-refractivity contribution in [2.75, 3.05) is 11.1 Å². The van der Waals surface area contributed by atoms with Crippen molar-refractivity contribution in [2.24, 2.45) is 0 Å². The Bertz CT molecular complexity index is 348. The minimum Gasteiger partial charge on any atom is -0.381 e. The van der Waals surface area contributed by atoms with E-state index in [0.29, 0.717) is 12.0 Å². The first-order valence-corrected chi connectivity index (χ1v) is 7.20. The molecule has 0 aliphatic carbocycles. The van der Waals surface area contributed by atoms with Crippen LogP contribution in [0.15, 0.2) is 24.3 Å². The number of nitrogens with one attached hydrogen (secondary N) is 1. The predicted molar refractivity (Wildman–Crippen MR) is 74.5 cm³/mol. The third kappa shape index (κ3) is 2.73. The topological polar surface area (TPSA) is 12.0 Å². The van der Waals surface area contributed by atoms with Gasteiger partial charge in [0.1, 0.15) is 0 Å². The molecule has 0 amide bonds. The van der Waals surface area contributed by atoms with E-state index in [1.165, 1.54) is 23.4 Å². The lowest BCUT2D eigenvalue weighted by Gasteiger charge is -2.19. The van der Waals surface area contributed by atoms with Gasteiger partial charge in [-0.3, -0.25) is 0 Å². The summed E-state index contributed by atoms with van der Waals surface area (Å²) in [6.07, 6.45) is 1.29. The van der Waals surface area contributed by atoms with Crippen molar-refractivity contribution in [1.29, 1.82) is 0 Å². The Kier molecular flexibility index (Phi) is 3.80. The zero-order valence-electron chi connectivity index (χ0n) is 10.4. The van der Waals surface area contributed by atoms with Crippen LogP contribution in [-0.2, 0) is 0 Å². The van der Waals surface area contributed by atoms with Crippen LogP contribution in [0.3, 0.4) is 0 Å². The van der Waals surface area contributed by atoms with Gasteiger partial charge in [0.05, 0.1) is 0 Å². The number of hydrogen-bond acceptors (Lipinski definition) is 2. The molecule has 1 aliphatic heterocycles. The van der Waals surface area contributed by atoms with Crippen LogP contribution < -0.4 is 5.32 Å². The molecule has 1 saturated heterocycles. The number of thioether (sulfide) groups is 1. The monoisotopic (exact) mass is 235 g/mol. The lowest BCUT2D eigenvalue weighted by molar-refractivity contribution is 0.723. The lowest BCUT2D eigenvalue weighted by Crippen LogP contribution is -2.24. The maximum atomic E-state index is 3.67. The molecule has 1 aromatic carbocycles. The Balaban J connectivity index is 2.06. The molecule has 2 heteroatoms. The molecule has 88 valence electrons. The molecule has 2 atom stereocenters. The molecule has 1 heterocycles. The van der Waals surface area contributed by atoms with E-state index in [2.05, 4.69) is 62.1 Å². The highest BCUT2D eigenvalue weighted by Gasteiger charge is 2.23. The summed E-state index contributed by atoms with van der Waals surface area (Å²) in [5, 5.41) is 4.40. The Morgan fingerprint density at radius 3 is 2.81 bits per heavy atom. The van der Waals surface area contributed by atoms with E-state index in [1.807, 2.05) is 0 Å². The van der Waals surface area contributed by atoms with Gasteiger partial charge < -0.3 is 5.32 Å². The molecule has 0 bridgehead atoms. The first-order valence-electron chi connectivity index (χ1n) is 6.15. The summed E-state index contributed by atoms with van der Waals surface area (Å²) in [7, 11) is 0.